The molecule has 1 fully saturated rings. The molecule has 35 heavy (non-hydrogen) atoms. The third kappa shape index (κ3) is 4.49. The van der Waals surface area contributed by atoms with Gasteiger partial charge in [-0.25, -0.2) is 0 Å². The van der Waals surface area contributed by atoms with Gasteiger partial charge in [0.2, 0.25) is 6.29 Å². The van der Waals surface area contributed by atoms with Gasteiger partial charge in [-0.1, -0.05) is 12.1 Å². The highest BCUT2D eigenvalue weighted by Gasteiger charge is 2.71. The second-order valence-corrected chi connectivity index (χ2v) is 9.66. The number of carbonyl (C=O) groups is 1. The highest BCUT2D eigenvalue weighted by atomic mass is 16.7. The van der Waals surface area contributed by atoms with Crippen LogP contribution >= 0.6 is 0 Å². The lowest BCUT2D eigenvalue weighted by atomic mass is 9.63. The van der Waals surface area contributed by atoms with Crippen LogP contribution in [0.4, 0.5) is 0 Å². The second-order valence-electron chi connectivity index (χ2n) is 9.66. The van der Waals surface area contributed by atoms with Gasteiger partial charge in [-0.05, 0) is 57.5 Å². The number of aliphatic hydroxyl groups is 5. The molecule has 2 aromatic rings. The zero-order valence-electron chi connectivity index (χ0n) is 20.0. The minimum atomic E-state index is -2.19. The first kappa shape index (κ1) is 26.9. The van der Waals surface area contributed by atoms with Crippen molar-refractivity contribution in [3.05, 3.63) is 53.6 Å². The van der Waals surface area contributed by atoms with Crippen LogP contribution < -0.4 is 4.74 Å². The van der Waals surface area contributed by atoms with Gasteiger partial charge < -0.3 is 45.2 Å². The predicted molar refractivity (Wildman–Crippen MR) is 123 cm³/mol. The molecule has 192 valence electrons. The van der Waals surface area contributed by atoms with E-state index in [9.17, 15) is 40.5 Å². The van der Waals surface area contributed by atoms with Gasteiger partial charge in [0.15, 0.2) is 11.4 Å². The van der Waals surface area contributed by atoms with Gasteiger partial charge in [0, 0.05) is 12.5 Å². The molecule has 0 spiro atoms. The van der Waals surface area contributed by atoms with Crippen molar-refractivity contribution in [2.45, 2.75) is 68.9 Å². The number of ketones is 1. The number of phenols is 2. The Balaban J connectivity index is 1.80. The van der Waals surface area contributed by atoms with Crippen LogP contribution in [0, 0.1) is 0 Å². The van der Waals surface area contributed by atoms with E-state index in [0.29, 0.717) is 5.56 Å². The van der Waals surface area contributed by atoms with Gasteiger partial charge in [0.05, 0.1) is 18.3 Å². The summed E-state index contributed by atoms with van der Waals surface area (Å²) in [5, 5.41) is 72.8. The van der Waals surface area contributed by atoms with Crippen LogP contribution in [0.3, 0.4) is 0 Å². The van der Waals surface area contributed by atoms with Gasteiger partial charge in [0.1, 0.15) is 34.1 Å². The summed E-state index contributed by atoms with van der Waals surface area (Å²) in [6.45, 7) is 4.27. The van der Waals surface area contributed by atoms with Crippen molar-refractivity contribution in [2.24, 2.45) is 0 Å². The maximum Gasteiger partial charge on any atom is 0.232 e. The highest BCUT2D eigenvalue weighted by molar-refractivity contribution is 5.99. The molecule has 1 heterocycles. The van der Waals surface area contributed by atoms with Crippen LogP contribution in [0.25, 0.3) is 0 Å². The topological polar surface area (TPSA) is 177 Å². The predicted octanol–water partition coefficient (Wildman–Crippen LogP) is 1.14. The van der Waals surface area contributed by atoms with E-state index in [0.717, 1.165) is 6.07 Å². The van der Waals surface area contributed by atoms with Crippen molar-refractivity contribution in [3.63, 3.8) is 0 Å². The minimum absolute atomic E-state index is 0.0193. The summed E-state index contributed by atoms with van der Waals surface area (Å²) in [6, 6.07) is 9.43. The molecule has 2 aromatic carbocycles. The first-order valence-electron chi connectivity index (χ1n) is 11.0. The second kappa shape index (κ2) is 9.05. The molecule has 0 saturated carbocycles. The first-order chi connectivity index (χ1) is 16.1. The summed E-state index contributed by atoms with van der Waals surface area (Å²) < 4.78 is 11.4. The number of aliphatic hydroxyl groups excluding tert-OH is 2. The van der Waals surface area contributed by atoms with Crippen molar-refractivity contribution in [2.75, 3.05) is 6.61 Å². The maximum absolute atomic E-state index is 12.6. The van der Waals surface area contributed by atoms with Crippen molar-refractivity contribution in [1.82, 2.24) is 0 Å². The number of rotatable bonds is 7. The quantitative estimate of drug-likeness (QED) is 0.277. The monoisotopic (exact) mass is 492 g/mol. The fraction of sp³-hybridized carbons (Fsp3) is 0.480. The molecular weight excluding hydrogens is 460 g/mol. The molecule has 10 heteroatoms. The summed E-state index contributed by atoms with van der Waals surface area (Å²) in [4.78, 5) is 12.6. The van der Waals surface area contributed by atoms with Crippen LogP contribution in [0.5, 0.6) is 17.2 Å². The number of benzene rings is 2. The Morgan fingerprint density at radius 1 is 1.00 bits per heavy atom. The third-order valence-corrected chi connectivity index (χ3v) is 7.26. The van der Waals surface area contributed by atoms with E-state index in [1.54, 1.807) is 0 Å². The molecule has 0 radical (unpaired) electrons. The zero-order chi connectivity index (χ0) is 26.4. The van der Waals surface area contributed by atoms with E-state index in [1.807, 2.05) is 0 Å². The Bertz CT molecular complexity index is 1080. The average Bonchev–Trinajstić information content (AvgIpc) is 2.77. The van der Waals surface area contributed by atoms with E-state index < -0.39 is 52.9 Å². The van der Waals surface area contributed by atoms with Gasteiger partial charge in [-0.2, -0.15) is 0 Å². The summed E-state index contributed by atoms with van der Waals surface area (Å²) in [5.74, 6) is -1.01. The summed E-state index contributed by atoms with van der Waals surface area (Å²) >= 11 is 0. The third-order valence-electron chi connectivity index (χ3n) is 7.26. The molecule has 6 atom stereocenters. The molecule has 7 N–H and O–H groups in total. The lowest BCUT2D eigenvalue weighted by Crippen LogP contribution is -2.82. The maximum atomic E-state index is 12.6. The summed E-state index contributed by atoms with van der Waals surface area (Å²) in [5.41, 5.74) is -7.81. The van der Waals surface area contributed by atoms with Crippen molar-refractivity contribution < 1.29 is 50.0 Å². The molecule has 3 rings (SSSR count). The number of hydrogen-bond donors (Lipinski definition) is 7. The molecule has 10 nitrogen and oxygen atoms in total. The Morgan fingerprint density at radius 2 is 1.60 bits per heavy atom. The zero-order valence-corrected chi connectivity index (χ0v) is 20.0. The van der Waals surface area contributed by atoms with E-state index >= 15 is 0 Å². The van der Waals surface area contributed by atoms with Crippen molar-refractivity contribution in [3.8, 4) is 17.2 Å². The van der Waals surface area contributed by atoms with E-state index in [4.69, 9.17) is 9.47 Å². The summed E-state index contributed by atoms with van der Waals surface area (Å²) in [7, 11) is 0. The van der Waals surface area contributed by atoms with Gasteiger partial charge in [-0.3, -0.25) is 4.79 Å². The number of hydrogen-bond acceptors (Lipinski definition) is 10. The molecule has 0 amide bonds. The Morgan fingerprint density at radius 3 is 2.14 bits per heavy atom. The molecule has 1 aliphatic heterocycles. The fourth-order valence-electron chi connectivity index (χ4n) is 4.08. The van der Waals surface area contributed by atoms with Gasteiger partial charge >= 0.3 is 0 Å². The Hall–Kier alpha value is -2.73. The van der Waals surface area contributed by atoms with Gasteiger partial charge in [-0.15, -0.1) is 0 Å². The first-order valence-corrected chi connectivity index (χ1v) is 11.0. The molecule has 0 bridgehead atoms. The van der Waals surface area contributed by atoms with Crippen LogP contribution in [0.1, 0.15) is 56.1 Å². The van der Waals surface area contributed by atoms with E-state index in [1.165, 1.54) is 64.1 Å². The van der Waals surface area contributed by atoms with E-state index in [2.05, 4.69) is 0 Å². The summed E-state index contributed by atoms with van der Waals surface area (Å²) in [6.07, 6.45) is -3.06. The standard InChI is InChI=1S/C25H32O10/c1-22(13-26)24(3,32)25(4,33)23(2,31)21(35-22)34-16-9-10-17(19(29)11-16)20(30)12-18(28)14-5-7-15(27)8-6-14/h5-11,18,21,26-29,31-33H,12-13H2,1-4H3. The smallest absolute Gasteiger partial charge is 0.232 e. The van der Waals surface area contributed by atoms with Gasteiger partial charge in [0.25, 0.3) is 0 Å². The number of ether oxygens (including phenoxy) is 2. The number of aromatic hydroxyl groups is 2. The molecule has 6 unspecified atom stereocenters. The fourth-order valence-corrected chi connectivity index (χ4v) is 4.08. The molecule has 0 aromatic heterocycles. The minimum Gasteiger partial charge on any atom is -0.508 e. The Labute approximate surface area is 202 Å². The highest BCUT2D eigenvalue weighted by Crippen LogP contribution is 2.49. The van der Waals surface area contributed by atoms with Crippen LogP contribution in [0.15, 0.2) is 42.5 Å². The molecule has 0 aliphatic carbocycles. The Kier molecular flexibility index (Phi) is 6.95. The average molecular weight is 493 g/mol. The molecule has 1 saturated heterocycles. The largest absolute Gasteiger partial charge is 0.508 e. The van der Waals surface area contributed by atoms with Crippen molar-refractivity contribution >= 4 is 5.78 Å². The molecular formula is C25H32O10. The van der Waals surface area contributed by atoms with Crippen molar-refractivity contribution in [1.29, 1.82) is 0 Å². The lowest BCUT2D eigenvalue weighted by Gasteiger charge is -2.61. The molecule has 1 aliphatic rings. The SMILES string of the molecule is CC1(CO)OC(Oc2ccc(C(=O)CC(O)c3ccc(O)cc3)c(O)c2)C(C)(O)C(C)(O)C1(C)O. The number of carbonyl (C=O) groups excluding carboxylic acids is 1. The van der Waals surface area contributed by atoms with Crippen LogP contribution in [0.2, 0.25) is 0 Å². The van der Waals surface area contributed by atoms with Crippen LogP contribution in [-0.4, -0.2) is 76.8 Å². The van der Waals surface area contributed by atoms with Crippen LogP contribution in [-0.2, 0) is 4.74 Å². The normalized spacial score (nSPS) is 33.8. The van der Waals surface area contributed by atoms with E-state index in [-0.39, 0.29) is 23.5 Å². The lowest BCUT2D eigenvalue weighted by molar-refractivity contribution is -0.404. The number of Topliss-reactive ketones (excluding diaryl/α,β-unsaturated/α-hetero) is 1. The number of phenolic OH excluding ortho intramolecular Hbond substituents is 2.